The van der Waals surface area contributed by atoms with Crippen molar-refractivity contribution in [1.82, 2.24) is 4.31 Å². The average Bonchev–Trinajstić information content (AvgIpc) is 2.43. The zero-order valence-corrected chi connectivity index (χ0v) is 13.6. The number of aliphatic imine (C=N–C) groups is 1. The van der Waals surface area contributed by atoms with Gasteiger partial charge in [-0.1, -0.05) is 11.6 Å². The molecule has 0 saturated carbocycles. The first-order valence-electron chi connectivity index (χ1n) is 5.97. The Balaban J connectivity index is 2.19. The SMILES string of the molecule is O=C=NC1CCN(S(=O)(=O)c2ccc(Cl)c(Br)c2)CC1. The topological polar surface area (TPSA) is 66.8 Å². The van der Waals surface area contributed by atoms with E-state index in [1.165, 1.54) is 22.5 Å². The van der Waals surface area contributed by atoms with Gasteiger partial charge in [-0.2, -0.15) is 4.31 Å². The summed E-state index contributed by atoms with van der Waals surface area (Å²) in [4.78, 5) is 14.0. The Bertz CT molecular complexity index is 651. The fourth-order valence-corrected chi connectivity index (χ4v) is 4.22. The molecule has 1 fully saturated rings. The van der Waals surface area contributed by atoms with Crippen molar-refractivity contribution in [2.45, 2.75) is 23.8 Å². The highest BCUT2D eigenvalue weighted by Crippen LogP contribution is 2.28. The van der Waals surface area contributed by atoms with Crippen molar-refractivity contribution in [1.29, 1.82) is 0 Å². The third kappa shape index (κ3) is 3.30. The second kappa shape index (κ2) is 6.37. The molecule has 0 radical (unpaired) electrons. The molecule has 0 unspecified atom stereocenters. The van der Waals surface area contributed by atoms with Crippen molar-refractivity contribution in [3.63, 3.8) is 0 Å². The molecule has 0 N–H and O–H groups in total. The number of hydrogen-bond donors (Lipinski definition) is 0. The first kappa shape index (κ1) is 15.7. The molecule has 0 spiro atoms. The number of hydrogen-bond acceptors (Lipinski definition) is 4. The van der Waals surface area contributed by atoms with Crippen molar-refractivity contribution in [2.24, 2.45) is 4.99 Å². The summed E-state index contributed by atoms with van der Waals surface area (Å²) in [6.45, 7) is 0.691. The summed E-state index contributed by atoms with van der Waals surface area (Å²) in [5.74, 6) is 0. The highest BCUT2D eigenvalue weighted by Gasteiger charge is 2.29. The smallest absolute Gasteiger partial charge is 0.211 e. The second-order valence-electron chi connectivity index (χ2n) is 4.43. The second-order valence-corrected chi connectivity index (χ2v) is 7.63. The van der Waals surface area contributed by atoms with Gasteiger partial charge in [0.25, 0.3) is 0 Å². The van der Waals surface area contributed by atoms with E-state index in [0.717, 1.165) is 0 Å². The summed E-state index contributed by atoms with van der Waals surface area (Å²) in [7, 11) is -3.54. The molecule has 1 aliphatic heterocycles. The number of piperidine rings is 1. The highest BCUT2D eigenvalue weighted by atomic mass is 79.9. The number of nitrogens with zero attached hydrogens (tertiary/aromatic N) is 2. The van der Waals surface area contributed by atoms with E-state index in [4.69, 9.17) is 11.6 Å². The van der Waals surface area contributed by atoms with Gasteiger partial charge in [0.1, 0.15) is 0 Å². The monoisotopic (exact) mass is 378 g/mol. The lowest BCUT2D eigenvalue weighted by Crippen LogP contribution is -2.39. The van der Waals surface area contributed by atoms with E-state index in [2.05, 4.69) is 20.9 Å². The van der Waals surface area contributed by atoms with Gasteiger partial charge in [0.05, 0.1) is 16.0 Å². The van der Waals surface area contributed by atoms with Crippen LogP contribution in [0.2, 0.25) is 5.02 Å². The molecule has 1 aliphatic rings. The van der Waals surface area contributed by atoms with Crippen LogP contribution in [-0.2, 0) is 14.8 Å². The molecule has 1 saturated heterocycles. The minimum absolute atomic E-state index is 0.129. The van der Waals surface area contributed by atoms with E-state index in [1.54, 1.807) is 6.07 Å². The van der Waals surface area contributed by atoms with Crippen LogP contribution in [0.15, 0.2) is 32.6 Å². The lowest BCUT2D eigenvalue weighted by atomic mass is 10.1. The zero-order valence-electron chi connectivity index (χ0n) is 10.4. The molecule has 8 heteroatoms. The lowest BCUT2D eigenvalue weighted by molar-refractivity contribution is 0.320. The first-order valence-corrected chi connectivity index (χ1v) is 8.58. The summed E-state index contributed by atoms with van der Waals surface area (Å²) in [5, 5.41) is 0.461. The van der Waals surface area contributed by atoms with E-state index in [-0.39, 0.29) is 10.9 Å². The highest BCUT2D eigenvalue weighted by molar-refractivity contribution is 9.10. The Hall–Kier alpha value is -0.720. The Morgan fingerprint density at radius 3 is 2.55 bits per heavy atom. The quantitative estimate of drug-likeness (QED) is 0.599. The summed E-state index contributed by atoms with van der Waals surface area (Å²) in [6.07, 6.45) is 2.58. The molecule has 1 heterocycles. The standard InChI is InChI=1S/C12H12BrClN2O3S/c13-11-7-10(1-2-12(11)14)20(18,19)16-5-3-9(4-6-16)15-8-17/h1-2,7,9H,3-6H2. The molecular formula is C12H12BrClN2O3S. The van der Waals surface area contributed by atoms with Gasteiger partial charge in [0.2, 0.25) is 16.1 Å². The van der Waals surface area contributed by atoms with Crippen LogP contribution in [-0.4, -0.2) is 37.9 Å². The zero-order chi connectivity index (χ0) is 14.8. The largest absolute Gasteiger partial charge is 0.243 e. The summed E-state index contributed by atoms with van der Waals surface area (Å²) >= 11 is 9.09. The Morgan fingerprint density at radius 2 is 2.00 bits per heavy atom. The minimum Gasteiger partial charge on any atom is -0.211 e. The molecule has 0 amide bonds. The molecule has 0 bridgehead atoms. The summed E-state index contributed by atoms with van der Waals surface area (Å²) < 4.78 is 26.9. The predicted molar refractivity (Wildman–Crippen MR) is 79.1 cm³/mol. The van der Waals surface area contributed by atoms with Crippen LogP contribution in [0.25, 0.3) is 0 Å². The van der Waals surface area contributed by atoms with Crippen LogP contribution in [0.5, 0.6) is 0 Å². The summed E-state index contributed by atoms with van der Waals surface area (Å²) in [6, 6.07) is 4.39. The molecule has 2 rings (SSSR count). The number of rotatable bonds is 3. The van der Waals surface area contributed by atoms with Gasteiger partial charge in [0, 0.05) is 17.6 Å². The maximum atomic E-state index is 12.5. The maximum Gasteiger partial charge on any atom is 0.243 e. The van der Waals surface area contributed by atoms with Crippen LogP contribution >= 0.6 is 27.5 Å². The number of sulfonamides is 1. The van der Waals surface area contributed by atoms with Gasteiger partial charge >= 0.3 is 0 Å². The van der Waals surface area contributed by atoms with Crippen molar-refractivity contribution in [2.75, 3.05) is 13.1 Å². The van der Waals surface area contributed by atoms with Gasteiger partial charge < -0.3 is 0 Å². The maximum absolute atomic E-state index is 12.5. The molecule has 108 valence electrons. The molecule has 20 heavy (non-hydrogen) atoms. The van der Waals surface area contributed by atoms with E-state index < -0.39 is 10.0 Å². The van der Waals surface area contributed by atoms with E-state index in [0.29, 0.717) is 35.4 Å². The normalized spacial score (nSPS) is 17.7. The van der Waals surface area contributed by atoms with Crippen LogP contribution in [0.1, 0.15) is 12.8 Å². The molecule has 1 aromatic carbocycles. The Morgan fingerprint density at radius 1 is 1.35 bits per heavy atom. The van der Waals surface area contributed by atoms with E-state index >= 15 is 0 Å². The molecule has 0 atom stereocenters. The number of carbonyl (C=O) groups excluding carboxylic acids is 1. The fourth-order valence-electron chi connectivity index (χ4n) is 2.07. The van der Waals surface area contributed by atoms with Gasteiger partial charge in [-0.25, -0.2) is 18.2 Å². The van der Waals surface area contributed by atoms with Gasteiger partial charge in [-0.05, 0) is 47.0 Å². The predicted octanol–water partition coefficient (Wildman–Crippen LogP) is 2.59. The average molecular weight is 380 g/mol. The number of halogens is 2. The van der Waals surface area contributed by atoms with Crippen molar-refractivity contribution in [3.8, 4) is 0 Å². The van der Waals surface area contributed by atoms with E-state index in [9.17, 15) is 13.2 Å². The molecular weight excluding hydrogens is 368 g/mol. The van der Waals surface area contributed by atoms with Crippen LogP contribution < -0.4 is 0 Å². The summed E-state index contributed by atoms with van der Waals surface area (Å²) in [5.41, 5.74) is 0. The minimum atomic E-state index is -3.54. The number of benzene rings is 1. The van der Waals surface area contributed by atoms with Crippen LogP contribution in [0, 0.1) is 0 Å². The van der Waals surface area contributed by atoms with Crippen molar-refractivity contribution in [3.05, 3.63) is 27.7 Å². The number of isocyanates is 1. The molecule has 0 aliphatic carbocycles. The van der Waals surface area contributed by atoms with Crippen molar-refractivity contribution < 1.29 is 13.2 Å². The Labute approximate surface area is 130 Å². The van der Waals surface area contributed by atoms with E-state index in [1.807, 2.05) is 0 Å². The molecule has 0 aromatic heterocycles. The Kier molecular flexibility index (Phi) is 4.99. The first-order chi connectivity index (χ1) is 9.45. The third-order valence-corrected chi connectivity index (χ3v) is 6.30. The van der Waals surface area contributed by atoms with Gasteiger partial charge in [-0.15, -0.1) is 0 Å². The molecule has 1 aromatic rings. The lowest BCUT2D eigenvalue weighted by Gasteiger charge is -2.28. The van der Waals surface area contributed by atoms with Crippen LogP contribution in [0.3, 0.4) is 0 Å². The van der Waals surface area contributed by atoms with Crippen LogP contribution in [0.4, 0.5) is 0 Å². The van der Waals surface area contributed by atoms with Gasteiger partial charge in [-0.3, -0.25) is 0 Å². The third-order valence-electron chi connectivity index (χ3n) is 3.19. The molecule has 5 nitrogen and oxygen atoms in total. The fraction of sp³-hybridized carbons (Fsp3) is 0.417. The van der Waals surface area contributed by atoms with Gasteiger partial charge in [0.15, 0.2) is 0 Å². The van der Waals surface area contributed by atoms with Crippen molar-refractivity contribution >= 4 is 43.6 Å².